The molecule has 0 spiro atoms. The lowest BCUT2D eigenvalue weighted by Gasteiger charge is -2.15. The van der Waals surface area contributed by atoms with Crippen molar-refractivity contribution in [3.05, 3.63) is 95.7 Å². The third-order valence-corrected chi connectivity index (χ3v) is 5.93. The van der Waals surface area contributed by atoms with Crippen LogP contribution in [-0.4, -0.2) is 27.4 Å². The first-order chi connectivity index (χ1) is 17.6. The summed E-state index contributed by atoms with van der Waals surface area (Å²) >= 11 is 0. The Morgan fingerprint density at radius 2 is 1.83 bits per heavy atom. The normalized spacial score (nSPS) is 11.4. The van der Waals surface area contributed by atoms with E-state index in [0.717, 1.165) is 21.9 Å². The zero-order valence-corrected chi connectivity index (χ0v) is 19.9. The second-order valence-corrected chi connectivity index (χ2v) is 8.26. The molecule has 3 aromatic carbocycles. The molecule has 0 saturated carbocycles. The van der Waals surface area contributed by atoms with Gasteiger partial charge < -0.3 is 10.1 Å². The fourth-order valence-electron chi connectivity index (χ4n) is 4.16. The highest BCUT2D eigenvalue weighted by molar-refractivity contribution is 6.02. The number of ether oxygens (including phenoxy) is 1. The Kier molecular flexibility index (Phi) is 6.16. The first-order valence-corrected chi connectivity index (χ1v) is 11.4. The zero-order chi connectivity index (χ0) is 25.1. The molecule has 0 fully saturated rings. The van der Waals surface area contributed by atoms with Gasteiger partial charge in [0.2, 0.25) is 5.95 Å². The van der Waals surface area contributed by atoms with Crippen LogP contribution in [0.3, 0.4) is 0 Å². The van der Waals surface area contributed by atoms with Gasteiger partial charge in [-0.1, -0.05) is 54.6 Å². The molecule has 36 heavy (non-hydrogen) atoms. The molecule has 0 amide bonds. The summed E-state index contributed by atoms with van der Waals surface area (Å²) < 4.78 is 7.48. The Labute approximate surface area is 208 Å². The summed E-state index contributed by atoms with van der Waals surface area (Å²) in [6.07, 6.45) is 1.58. The van der Waals surface area contributed by atoms with E-state index < -0.39 is 0 Å². The van der Waals surface area contributed by atoms with Gasteiger partial charge in [0.25, 0.3) is 0 Å². The summed E-state index contributed by atoms with van der Waals surface area (Å²) in [5, 5.41) is 14.7. The maximum atomic E-state index is 12.0. The number of benzene rings is 3. The molecule has 5 rings (SSSR count). The van der Waals surface area contributed by atoms with E-state index in [1.165, 1.54) is 6.92 Å². The number of methoxy groups -OCH3 is 1. The Morgan fingerprint density at radius 3 is 2.58 bits per heavy atom. The first-order valence-electron chi connectivity index (χ1n) is 11.4. The van der Waals surface area contributed by atoms with Gasteiger partial charge >= 0.3 is 0 Å². The number of carbonyl (C=O) groups is 1. The van der Waals surface area contributed by atoms with Gasteiger partial charge in [-0.15, -0.1) is 0 Å². The molecule has 0 atom stereocenters. The predicted octanol–water partition coefficient (Wildman–Crippen LogP) is 5.69. The number of nitrogens with zero attached hydrogens (tertiary/aromatic N) is 4. The van der Waals surface area contributed by atoms with Crippen LogP contribution in [0.2, 0.25) is 0 Å². The lowest BCUT2D eigenvalue weighted by atomic mass is 10.1. The first kappa shape index (κ1) is 22.8. The van der Waals surface area contributed by atoms with Crippen molar-refractivity contribution >= 4 is 39.5 Å². The van der Waals surface area contributed by atoms with Crippen molar-refractivity contribution in [2.45, 2.75) is 13.5 Å². The van der Waals surface area contributed by atoms with Crippen LogP contribution in [0.25, 0.3) is 33.8 Å². The summed E-state index contributed by atoms with van der Waals surface area (Å²) in [4.78, 5) is 21.8. The van der Waals surface area contributed by atoms with Crippen molar-refractivity contribution in [3.8, 4) is 17.8 Å². The topological polar surface area (TPSA) is 92.8 Å². The minimum Gasteiger partial charge on any atom is -0.494 e. The molecule has 176 valence electrons. The zero-order valence-electron chi connectivity index (χ0n) is 19.9. The summed E-state index contributed by atoms with van der Waals surface area (Å²) in [7, 11) is 1.61. The van der Waals surface area contributed by atoms with E-state index in [0.29, 0.717) is 35.3 Å². The number of rotatable bonds is 7. The van der Waals surface area contributed by atoms with E-state index in [-0.39, 0.29) is 11.4 Å². The number of nitriles is 1. The van der Waals surface area contributed by atoms with E-state index in [4.69, 9.17) is 14.7 Å². The minimum atomic E-state index is -0.305. The van der Waals surface area contributed by atoms with E-state index in [1.54, 1.807) is 13.2 Å². The third kappa shape index (κ3) is 4.28. The van der Waals surface area contributed by atoms with Crippen LogP contribution >= 0.6 is 0 Å². The van der Waals surface area contributed by atoms with Gasteiger partial charge in [-0.05, 0) is 42.8 Å². The van der Waals surface area contributed by atoms with Crippen molar-refractivity contribution in [2.75, 3.05) is 12.4 Å². The Morgan fingerprint density at radius 1 is 1.06 bits per heavy atom. The number of aromatic nitrogens is 3. The highest BCUT2D eigenvalue weighted by Crippen LogP contribution is 2.32. The van der Waals surface area contributed by atoms with Gasteiger partial charge in [-0.25, -0.2) is 4.98 Å². The number of fused-ring (bicyclic) bond motifs is 2. The number of hydrogen-bond acceptors (Lipinski definition) is 6. The van der Waals surface area contributed by atoms with Crippen molar-refractivity contribution in [2.24, 2.45) is 0 Å². The van der Waals surface area contributed by atoms with Gasteiger partial charge in [-0.2, -0.15) is 10.2 Å². The Hall–Kier alpha value is -4.96. The van der Waals surface area contributed by atoms with Crippen molar-refractivity contribution in [1.29, 1.82) is 5.26 Å². The quantitative estimate of drug-likeness (QED) is 0.241. The van der Waals surface area contributed by atoms with Gasteiger partial charge in [0.15, 0.2) is 5.78 Å². The van der Waals surface area contributed by atoms with Crippen LogP contribution in [0, 0.1) is 11.3 Å². The van der Waals surface area contributed by atoms with Gasteiger partial charge in [0, 0.05) is 17.3 Å². The predicted molar refractivity (Wildman–Crippen MR) is 141 cm³/mol. The third-order valence-electron chi connectivity index (χ3n) is 5.93. The number of carbonyl (C=O) groups excluding carboxylic acids is 1. The van der Waals surface area contributed by atoms with Crippen molar-refractivity contribution in [3.63, 3.8) is 0 Å². The molecule has 0 saturated heterocycles. The molecule has 0 bridgehead atoms. The van der Waals surface area contributed by atoms with E-state index >= 15 is 0 Å². The molecule has 1 N–H and O–H groups in total. The van der Waals surface area contributed by atoms with Gasteiger partial charge in [0.1, 0.15) is 23.2 Å². The molecule has 0 aliphatic rings. The highest BCUT2D eigenvalue weighted by Gasteiger charge is 2.17. The molecule has 2 aromatic heterocycles. The van der Waals surface area contributed by atoms with Crippen LogP contribution in [-0.2, 0) is 11.3 Å². The molecule has 0 radical (unpaired) electrons. The SMILES string of the molecule is COc1cccc2c(NCc3ccccc3)nc(-n3c(/C=C(/C#N)C(C)=O)cc4ccccc43)nc12. The van der Waals surface area contributed by atoms with E-state index in [1.807, 2.05) is 89.5 Å². The maximum Gasteiger partial charge on any atom is 0.237 e. The summed E-state index contributed by atoms with van der Waals surface area (Å²) in [6.45, 7) is 1.96. The van der Waals surface area contributed by atoms with E-state index in [9.17, 15) is 10.1 Å². The number of allylic oxidation sites excluding steroid dienone is 1. The molecule has 2 heterocycles. The molecule has 7 nitrogen and oxygen atoms in total. The number of para-hydroxylation sites is 2. The van der Waals surface area contributed by atoms with Crippen molar-refractivity contribution < 1.29 is 9.53 Å². The maximum absolute atomic E-state index is 12.0. The number of anilines is 1. The summed E-state index contributed by atoms with van der Waals surface area (Å²) in [5.41, 5.74) is 3.31. The van der Waals surface area contributed by atoms with Gasteiger partial charge in [0.05, 0.1) is 23.9 Å². The fourth-order valence-corrected chi connectivity index (χ4v) is 4.16. The molecular formula is C29H23N5O2. The van der Waals surface area contributed by atoms with E-state index in [2.05, 4.69) is 5.32 Å². The van der Waals surface area contributed by atoms with Crippen LogP contribution in [0.1, 0.15) is 18.2 Å². The second-order valence-electron chi connectivity index (χ2n) is 8.26. The molecule has 7 heteroatoms. The Bertz CT molecular complexity index is 1660. The molecule has 0 aliphatic heterocycles. The van der Waals surface area contributed by atoms with Crippen LogP contribution in [0.15, 0.2) is 84.4 Å². The largest absolute Gasteiger partial charge is 0.494 e. The standard InChI is InChI=1S/C29H23N5O2/c1-19(35)22(17-30)16-23-15-21-11-6-7-13-25(21)34(23)29-32-27-24(12-8-14-26(27)36-2)28(33-29)31-18-20-9-4-3-5-10-20/h3-16H,18H2,1-2H3,(H,31,32,33)/b22-16-. The molecule has 0 aliphatic carbocycles. The molecule has 0 unspecified atom stereocenters. The fraction of sp³-hybridized carbons (Fsp3) is 0.103. The summed E-state index contributed by atoms with van der Waals surface area (Å²) in [6, 6.07) is 27.5. The lowest BCUT2D eigenvalue weighted by molar-refractivity contribution is -0.113. The monoisotopic (exact) mass is 473 g/mol. The van der Waals surface area contributed by atoms with Crippen LogP contribution in [0.5, 0.6) is 5.75 Å². The van der Waals surface area contributed by atoms with Crippen molar-refractivity contribution in [1.82, 2.24) is 14.5 Å². The number of hydrogen-bond donors (Lipinski definition) is 1. The molecule has 5 aromatic rings. The van der Waals surface area contributed by atoms with Crippen LogP contribution < -0.4 is 10.1 Å². The minimum absolute atomic E-state index is 0.0554. The highest BCUT2D eigenvalue weighted by atomic mass is 16.5. The number of Topliss-reactive ketones (excluding diaryl/α,β-unsaturated/α-hetero) is 1. The average Bonchev–Trinajstić information content (AvgIpc) is 3.28. The Balaban J connectivity index is 1.75. The second kappa shape index (κ2) is 9.72. The lowest BCUT2D eigenvalue weighted by Crippen LogP contribution is -2.09. The summed E-state index contributed by atoms with van der Waals surface area (Å²) in [5.74, 6) is 1.36. The molecular weight excluding hydrogens is 450 g/mol. The number of nitrogens with one attached hydrogen (secondary N) is 1. The smallest absolute Gasteiger partial charge is 0.237 e. The number of ketones is 1. The average molecular weight is 474 g/mol. The van der Waals surface area contributed by atoms with Crippen LogP contribution in [0.4, 0.5) is 5.82 Å². The van der Waals surface area contributed by atoms with Gasteiger partial charge in [-0.3, -0.25) is 9.36 Å².